The second-order valence-corrected chi connectivity index (χ2v) is 17.0. The molecule has 11 aromatic rings. The molecule has 0 unspecified atom stereocenters. The van der Waals surface area contributed by atoms with Gasteiger partial charge < -0.3 is 4.42 Å². The maximum Gasteiger partial charge on any atom is 0.164 e. The second kappa shape index (κ2) is 12.9. The van der Waals surface area contributed by atoms with Crippen molar-refractivity contribution >= 4 is 53.4 Å². The Kier molecular flexibility index (Phi) is 7.41. The molecule has 0 saturated heterocycles. The number of rotatable bonds is 5. The van der Waals surface area contributed by atoms with E-state index in [4.69, 9.17) is 19.4 Å². The number of hydrogen-bond acceptors (Lipinski definition) is 5. The monoisotopic (exact) mass is 773 g/mol. The van der Waals surface area contributed by atoms with Crippen LogP contribution in [0.15, 0.2) is 180 Å². The lowest BCUT2D eigenvalue weighted by molar-refractivity contribution is 0.660. The molecule has 1 aliphatic rings. The van der Waals surface area contributed by atoms with Gasteiger partial charge in [0.1, 0.15) is 11.2 Å². The van der Waals surface area contributed by atoms with E-state index in [1.807, 2.05) is 23.5 Å². The smallest absolute Gasteiger partial charge is 0.164 e. The van der Waals surface area contributed by atoms with E-state index in [0.29, 0.717) is 17.5 Å². The normalized spacial score (nSPS) is 13.1. The van der Waals surface area contributed by atoms with Crippen molar-refractivity contribution in [2.75, 3.05) is 0 Å². The molecule has 5 heteroatoms. The Morgan fingerprint density at radius 3 is 1.88 bits per heavy atom. The fourth-order valence-electron chi connectivity index (χ4n) is 9.27. The summed E-state index contributed by atoms with van der Waals surface area (Å²) in [5, 5.41) is 4.60. The molecule has 59 heavy (non-hydrogen) atoms. The molecule has 0 bridgehead atoms. The Labute approximate surface area is 345 Å². The summed E-state index contributed by atoms with van der Waals surface area (Å²) in [5.41, 5.74) is 14.2. The van der Waals surface area contributed by atoms with Crippen molar-refractivity contribution in [1.82, 2.24) is 15.0 Å². The van der Waals surface area contributed by atoms with Gasteiger partial charge in [0, 0.05) is 53.1 Å². The molecule has 3 aromatic heterocycles. The molecule has 0 spiro atoms. The molecule has 0 atom stereocenters. The molecule has 278 valence electrons. The van der Waals surface area contributed by atoms with Crippen LogP contribution >= 0.6 is 11.3 Å². The van der Waals surface area contributed by atoms with Gasteiger partial charge in [-0.1, -0.05) is 141 Å². The molecule has 0 saturated carbocycles. The van der Waals surface area contributed by atoms with Crippen LogP contribution in [0.4, 0.5) is 0 Å². The van der Waals surface area contributed by atoms with Gasteiger partial charge in [-0.3, -0.25) is 0 Å². The predicted octanol–water partition coefficient (Wildman–Crippen LogP) is 14.8. The SMILES string of the molecule is CC1(C)c2ccccc2-c2c(-c3cccc(-c4nc(-c5ccc6c(c5)oc5cccc(-c7ccccc7)c56)nc(-c5ccc6sc7ccccc7c6c5)n4)c3)cccc21. The van der Waals surface area contributed by atoms with Gasteiger partial charge in [0.05, 0.1) is 0 Å². The summed E-state index contributed by atoms with van der Waals surface area (Å²) < 4.78 is 9.06. The van der Waals surface area contributed by atoms with Crippen LogP contribution in [-0.2, 0) is 5.41 Å². The van der Waals surface area contributed by atoms with Crippen molar-refractivity contribution in [3.63, 3.8) is 0 Å². The molecular weight excluding hydrogens is 739 g/mol. The zero-order chi connectivity index (χ0) is 39.2. The highest BCUT2D eigenvalue weighted by Gasteiger charge is 2.36. The zero-order valence-corrected chi connectivity index (χ0v) is 33.2. The lowest BCUT2D eigenvalue weighted by atomic mass is 9.82. The van der Waals surface area contributed by atoms with Crippen molar-refractivity contribution in [2.45, 2.75) is 19.3 Å². The Morgan fingerprint density at radius 2 is 1.02 bits per heavy atom. The number of thiophene rings is 1. The summed E-state index contributed by atoms with van der Waals surface area (Å²) in [4.78, 5) is 15.7. The van der Waals surface area contributed by atoms with E-state index in [2.05, 4.69) is 178 Å². The van der Waals surface area contributed by atoms with Crippen LogP contribution in [0.3, 0.4) is 0 Å². The number of hydrogen-bond donors (Lipinski definition) is 0. The highest BCUT2D eigenvalue weighted by atomic mass is 32.1. The van der Waals surface area contributed by atoms with Crippen molar-refractivity contribution in [2.24, 2.45) is 0 Å². The van der Waals surface area contributed by atoms with Gasteiger partial charge in [0.25, 0.3) is 0 Å². The number of aromatic nitrogens is 3. The molecule has 0 N–H and O–H groups in total. The lowest BCUT2D eigenvalue weighted by Gasteiger charge is -2.21. The van der Waals surface area contributed by atoms with E-state index >= 15 is 0 Å². The van der Waals surface area contributed by atoms with Gasteiger partial charge in [-0.15, -0.1) is 11.3 Å². The van der Waals surface area contributed by atoms with E-state index in [0.717, 1.165) is 55.3 Å². The second-order valence-electron chi connectivity index (χ2n) is 16.0. The van der Waals surface area contributed by atoms with E-state index < -0.39 is 0 Å². The highest BCUT2D eigenvalue weighted by molar-refractivity contribution is 7.25. The first kappa shape index (κ1) is 33.9. The fourth-order valence-corrected chi connectivity index (χ4v) is 10.4. The van der Waals surface area contributed by atoms with Crippen LogP contribution in [0.5, 0.6) is 0 Å². The molecule has 8 aromatic carbocycles. The van der Waals surface area contributed by atoms with Gasteiger partial charge in [-0.25, -0.2) is 15.0 Å². The third-order valence-electron chi connectivity index (χ3n) is 12.1. The first-order chi connectivity index (χ1) is 29.0. The maximum absolute atomic E-state index is 6.56. The Balaban J connectivity index is 1.04. The van der Waals surface area contributed by atoms with Gasteiger partial charge >= 0.3 is 0 Å². The van der Waals surface area contributed by atoms with E-state index in [-0.39, 0.29) is 5.41 Å². The number of benzene rings is 8. The average molecular weight is 774 g/mol. The first-order valence-electron chi connectivity index (χ1n) is 20.0. The molecule has 12 rings (SSSR count). The summed E-state index contributed by atoms with van der Waals surface area (Å²) in [6, 6.07) is 62.4. The standard InChI is InChI=1S/C54H35N3OS/c1-54(2)43-21-8-6-18-40(43)49-38(19-11-22-44(49)54)33-15-10-16-34(29-33)51-55-52(35-26-28-48-42(30-35)39-17-7-9-24-47(39)59-48)57-53(56-51)36-25-27-41-46(31-36)58-45-23-12-20-37(50(41)45)32-13-4-3-5-14-32/h3-31H,1-2H3. The van der Waals surface area contributed by atoms with E-state index in [9.17, 15) is 0 Å². The predicted molar refractivity (Wildman–Crippen MR) is 245 cm³/mol. The van der Waals surface area contributed by atoms with Crippen LogP contribution in [0, 0.1) is 0 Å². The zero-order valence-electron chi connectivity index (χ0n) is 32.4. The number of fused-ring (bicyclic) bond motifs is 9. The molecule has 3 heterocycles. The van der Waals surface area contributed by atoms with Crippen LogP contribution in [0.1, 0.15) is 25.0 Å². The van der Waals surface area contributed by atoms with Gasteiger partial charge in [-0.05, 0) is 93.0 Å². The van der Waals surface area contributed by atoms with Gasteiger partial charge in [-0.2, -0.15) is 0 Å². The number of furan rings is 1. The average Bonchev–Trinajstić information content (AvgIpc) is 3.93. The van der Waals surface area contributed by atoms with Gasteiger partial charge in [0.15, 0.2) is 17.5 Å². The first-order valence-corrected chi connectivity index (χ1v) is 20.8. The van der Waals surface area contributed by atoms with Crippen molar-refractivity contribution in [3.05, 3.63) is 187 Å². The maximum atomic E-state index is 6.56. The summed E-state index contributed by atoms with van der Waals surface area (Å²) in [6.07, 6.45) is 0. The largest absolute Gasteiger partial charge is 0.456 e. The van der Waals surface area contributed by atoms with Crippen LogP contribution in [-0.4, -0.2) is 15.0 Å². The molecule has 0 fully saturated rings. The van der Waals surface area contributed by atoms with Crippen LogP contribution in [0.2, 0.25) is 0 Å². The van der Waals surface area contributed by atoms with Crippen molar-refractivity contribution in [1.29, 1.82) is 0 Å². The number of nitrogens with zero attached hydrogens (tertiary/aromatic N) is 3. The molecule has 1 aliphatic carbocycles. The quantitative estimate of drug-likeness (QED) is 0.175. The molecule has 0 radical (unpaired) electrons. The molecule has 0 amide bonds. The molecule has 0 aliphatic heterocycles. The lowest BCUT2D eigenvalue weighted by Crippen LogP contribution is -2.14. The fraction of sp³-hybridized carbons (Fsp3) is 0.0556. The summed E-state index contributed by atoms with van der Waals surface area (Å²) >= 11 is 1.81. The highest BCUT2D eigenvalue weighted by Crippen LogP contribution is 2.52. The van der Waals surface area contributed by atoms with Crippen LogP contribution in [0.25, 0.3) is 110 Å². The minimum absolute atomic E-state index is 0.0868. The van der Waals surface area contributed by atoms with Crippen LogP contribution < -0.4 is 0 Å². The third-order valence-corrected chi connectivity index (χ3v) is 13.3. The summed E-state index contributed by atoms with van der Waals surface area (Å²) in [5.74, 6) is 1.83. The summed E-state index contributed by atoms with van der Waals surface area (Å²) in [7, 11) is 0. The topological polar surface area (TPSA) is 51.8 Å². The van der Waals surface area contributed by atoms with Gasteiger partial charge in [0.2, 0.25) is 0 Å². The Hall–Kier alpha value is -7.21. The minimum Gasteiger partial charge on any atom is -0.456 e. The Morgan fingerprint density at radius 1 is 0.407 bits per heavy atom. The summed E-state index contributed by atoms with van der Waals surface area (Å²) in [6.45, 7) is 4.65. The minimum atomic E-state index is -0.0868. The Bertz CT molecular complexity index is 3490. The van der Waals surface area contributed by atoms with E-state index in [1.54, 1.807) is 0 Å². The third kappa shape index (κ3) is 5.32. The molecule has 4 nitrogen and oxygen atoms in total. The van der Waals surface area contributed by atoms with E-state index in [1.165, 1.54) is 48.0 Å². The van der Waals surface area contributed by atoms with Crippen molar-refractivity contribution < 1.29 is 4.42 Å². The molecular formula is C54H35N3OS. The van der Waals surface area contributed by atoms with Crippen molar-refractivity contribution in [3.8, 4) is 67.5 Å².